The van der Waals surface area contributed by atoms with Crippen LogP contribution < -0.4 is 10.6 Å². The lowest BCUT2D eigenvalue weighted by Gasteiger charge is -2.19. The molecular weight excluding hydrogens is 276 g/mol. The molecule has 0 atom stereocenters. The van der Waals surface area contributed by atoms with Crippen molar-refractivity contribution in [1.29, 1.82) is 0 Å². The van der Waals surface area contributed by atoms with Crippen LogP contribution in [0.15, 0.2) is 42.5 Å². The number of anilines is 1. The zero-order valence-corrected chi connectivity index (χ0v) is 13.5. The highest BCUT2D eigenvalue weighted by Gasteiger charge is 2.15. The average molecular weight is 300 g/mol. The summed E-state index contributed by atoms with van der Waals surface area (Å²) in [5.41, 5.74) is 0.668. The van der Waals surface area contributed by atoms with Gasteiger partial charge in [0, 0.05) is 24.2 Å². The number of rotatable bonds is 5. The van der Waals surface area contributed by atoms with Crippen LogP contribution in [0.2, 0.25) is 0 Å². The van der Waals surface area contributed by atoms with Gasteiger partial charge in [-0.1, -0.05) is 36.4 Å². The number of nitrogens with one attached hydrogen (secondary N) is 2. The minimum absolute atomic E-state index is 0.363. The Morgan fingerprint density at radius 1 is 1.05 bits per heavy atom. The third-order valence-corrected chi connectivity index (χ3v) is 3.13. The van der Waals surface area contributed by atoms with Gasteiger partial charge < -0.3 is 15.4 Å². The average Bonchev–Trinajstić information content (AvgIpc) is 2.45. The Bertz CT molecular complexity index is 627. The van der Waals surface area contributed by atoms with Gasteiger partial charge in [-0.05, 0) is 38.6 Å². The van der Waals surface area contributed by atoms with Gasteiger partial charge in [0.2, 0.25) is 0 Å². The summed E-state index contributed by atoms with van der Waals surface area (Å²) in [4.78, 5) is 11.5. The third kappa shape index (κ3) is 4.95. The smallest absolute Gasteiger partial charge is 0.407 e. The van der Waals surface area contributed by atoms with E-state index in [0.717, 1.165) is 18.7 Å². The SMILES string of the molecule is CC(C)(C)OC(=O)NCCCNc1cccc2ccccc12. The molecule has 0 heterocycles. The Morgan fingerprint density at radius 2 is 1.77 bits per heavy atom. The standard InChI is InChI=1S/C18H24N2O2/c1-18(2,3)22-17(21)20-13-7-12-19-16-11-6-9-14-8-4-5-10-15(14)16/h4-6,8-11,19H,7,12-13H2,1-3H3,(H,20,21). The molecule has 0 aliphatic rings. The Balaban J connectivity index is 1.76. The molecule has 0 bridgehead atoms. The van der Waals surface area contributed by atoms with Gasteiger partial charge in [-0.15, -0.1) is 0 Å². The summed E-state index contributed by atoms with van der Waals surface area (Å²) in [6.07, 6.45) is 0.473. The van der Waals surface area contributed by atoms with Crippen LogP contribution in [0.5, 0.6) is 0 Å². The van der Waals surface area contributed by atoms with Crippen LogP contribution in [-0.4, -0.2) is 24.8 Å². The van der Waals surface area contributed by atoms with E-state index in [-0.39, 0.29) is 6.09 Å². The van der Waals surface area contributed by atoms with Crippen molar-refractivity contribution in [2.75, 3.05) is 18.4 Å². The summed E-state index contributed by atoms with van der Waals surface area (Å²) < 4.78 is 5.19. The van der Waals surface area contributed by atoms with E-state index in [9.17, 15) is 4.79 Å². The molecular formula is C18H24N2O2. The maximum Gasteiger partial charge on any atom is 0.407 e. The molecule has 0 aromatic heterocycles. The van der Waals surface area contributed by atoms with Crippen molar-refractivity contribution in [2.24, 2.45) is 0 Å². The van der Waals surface area contributed by atoms with Crippen LogP contribution in [0.4, 0.5) is 10.5 Å². The highest BCUT2D eigenvalue weighted by Crippen LogP contribution is 2.22. The molecule has 2 aromatic rings. The molecule has 118 valence electrons. The van der Waals surface area contributed by atoms with E-state index >= 15 is 0 Å². The number of hydrogen-bond acceptors (Lipinski definition) is 3. The number of hydrogen-bond donors (Lipinski definition) is 2. The lowest BCUT2D eigenvalue weighted by atomic mass is 10.1. The lowest BCUT2D eigenvalue weighted by molar-refractivity contribution is 0.0528. The van der Waals surface area contributed by atoms with E-state index in [1.54, 1.807) is 0 Å². The second-order valence-corrected chi connectivity index (χ2v) is 6.24. The fourth-order valence-electron chi connectivity index (χ4n) is 2.20. The second-order valence-electron chi connectivity index (χ2n) is 6.24. The molecule has 0 aliphatic heterocycles. The Labute approximate surface area is 131 Å². The van der Waals surface area contributed by atoms with Crippen LogP contribution in [0.25, 0.3) is 10.8 Å². The fourth-order valence-corrected chi connectivity index (χ4v) is 2.20. The van der Waals surface area contributed by atoms with Crippen molar-refractivity contribution in [3.63, 3.8) is 0 Å². The molecule has 22 heavy (non-hydrogen) atoms. The zero-order chi connectivity index (χ0) is 16.0. The number of ether oxygens (including phenoxy) is 1. The highest BCUT2D eigenvalue weighted by molar-refractivity contribution is 5.93. The molecule has 2 aromatic carbocycles. The van der Waals surface area contributed by atoms with Crippen LogP contribution in [0, 0.1) is 0 Å². The number of amides is 1. The van der Waals surface area contributed by atoms with E-state index in [4.69, 9.17) is 4.74 Å². The lowest BCUT2D eigenvalue weighted by Crippen LogP contribution is -2.33. The van der Waals surface area contributed by atoms with Crippen LogP contribution >= 0.6 is 0 Å². The molecule has 0 saturated heterocycles. The van der Waals surface area contributed by atoms with Gasteiger partial charge in [0.15, 0.2) is 0 Å². The van der Waals surface area contributed by atoms with Crippen molar-refractivity contribution in [2.45, 2.75) is 32.8 Å². The molecule has 0 unspecified atom stereocenters. The summed E-state index contributed by atoms with van der Waals surface area (Å²) in [5, 5.41) is 8.61. The Kier molecular flexibility index (Phi) is 5.26. The second kappa shape index (κ2) is 7.16. The van der Waals surface area contributed by atoms with Crippen molar-refractivity contribution in [3.05, 3.63) is 42.5 Å². The summed E-state index contributed by atoms with van der Waals surface area (Å²) in [6.45, 7) is 6.95. The molecule has 1 amide bonds. The minimum Gasteiger partial charge on any atom is -0.444 e. The largest absolute Gasteiger partial charge is 0.444 e. The normalized spacial score (nSPS) is 11.2. The van der Waals surface area contributed by atoms with Gasteiger partial charge >= 0.3 is 6.09 Å². The van der Waals surface area contributed by atoms with Gasteiger partial charge in [-0.3, -0.25) is 0 Å². The van der Waals surface area contributed by atoms with Crippen LogP contribution in [0.3, 0.4) is 0 Å². The van der Waals surface area contributed by atoms with Crippen molar-refractivity contribution < 1.29 is 9.53 Å². The van der Waals surface area contributed by atoms with Gasteiger partial charge in [0.1, 0.15) is 5.60 Å². The molecule has 0 spiro atoms. The quantitative estimate of drug-likeness (QED) is 0.815. The first-order valence-corrected chi connectivity index (χ1v) is 7.64. The fraction of sp³-hybridized carbons (Fsp3) is 0.389. The highest BCUT2D eigenvalue weighted by atomic mass is 16.6. The first kappa shape index (κ1) is 16.1. The predicted molar refractivity (Wildman–Crippen MR) is 91.3 cm³/mol. The van der Waals surface area contributed by atoms with Crippen molar-refractivity contribution >= 4 is 22.6 Å². The van der Waals surface area contributed by atoms with Gasteiger partial charge in [-0.2, -0.15) is 0 Å². The van der Waals surface area contributed by atoms with E-state index in [1.165, 1.54) is 10.8 Å². The van der Waals surface area contributed by atoms with Gasteiger partial charge in [-0.25, -0.2) is 4.79 Å². The monoisotopic (exact) mass is 300 g/mol. The number of fused-ring (bicyclic) bond motifs is 1. The summed E-state index contributed by atoms with van der Waals surface area (Å²) in [7, 11) is 0. The molecule has 0 radical (unpaired) electrons. The minimum atomic E-state index is -0.453. The number of carbonyl (C=O) groups excluding carboxylic acids is 1. The Morgan fingerprint density at radius 3 is 2.55 bits per heavy atom. The van der Waals surface area contributed by atoms with E-state index in [0.29, 0.717) is 6.54 Å². The predicted octanol–water partition coefficient (Wildman–Crippen LogP) is 4.17. The number of benzene rings is 2. The molecule has 4 nitrogen and oxygen atoms in total. The maximum absolute atomic E-state index is 11.5. The van der Waals surface area contributed by atoms with Gasteiger partial charge in [0.25, 0.3) is 0 Å². The van der Waals surface area contributed by atoms with Gasteiger partial charge in [0.05, 0.1) is 0 Å². The summed E-state index contributed by atoms with van der Waals surface area (Å²) in [6, 6.07) is 14.5. The topological polar surface area (TPSA) is 50.4 Å². The molecule has 2 N–H and O–H groups in total. The molecule has 0 saturated carbocycles. The van der Waals surface area contributed by atoms with E-state index in [1.807, 2.05) is 39.0 Å². The number of carbonyl (C=O) groups is 1. The van der Waals surface area contributed by atoms with E-state index in [2.05, 4.69) is 34.9 Å². The molecule has 0 fully saturated rings. The third-order valence-electron chi connectivity index (χ3n) is 3.13. The summed E-state index contributed by atoms with van der Waals surface area (Å²) >= 11 is 0. The van der Waals surface area contributed by atoms with Crippen molar-refractivity contribution in [1.82, 2.24) is 5.32 Å². The Hall–Kier alpha value is -2.23. The molecule has 2 rings (SSSR count). The first-order chi connectivity index (χ1) is 10.5. The first-order valence-electron chi connectivity index (χ1n) is 7.64. The molecule has 0 aliphatic carbocycles. The van der Waals surface area contributed by atoms with Crippen LogP contribution in [-0.2, 0) is 4.74 Å². The summed E-state index contributed by atoms with van der Waals surface area (Å²) in [5.74, 6) is 0. The zero-order valence-electron chi connectivity index (χ0n) is 13.5. The number of alkyl carbamates (subject to hydrolysis) is 1. The molecule has 4 heteroatoms. The van der Waals surface area contributed by atoms with Crippen molar-refractivity contribution in [3.8, 4) is 0 Å². The van der Waals surface area contributed by atoms with E-state index < -0.39 is 5.60 Å². The van der Waals surface area contributed by atoms with Crippen LogP contribution in [0.1, 0.15) is 27.2 Å². The maximum atomic E-state index is 11.5.